The number of halogens is 1. The fourth-order valence-electron chi connectivity index (χ4n) is 4.32. The molecule has 2 saturated heterocycles. The molecule has 32 heavy (non-hydrogen) atoms. The van der Waals surface area contributed by atoms with Crippen LogP contribution < -0.4 is 14.7 Å². The lowest BCUT2D eigenvalue weighted by atomic mass is 9.90. The van der Waals surface area contributed by atoms with E-state index in [4.69, 9.17) is 9.57 Å². The predicted molar refractivity (Wildman–Crippen MR) is 117 cm³/mol. The minimum Gasteiger partial charge on any atom is -0.494 e. The zero-order valence-electron chi connectivity index (χ0n) is 17.4. The lowest BCUT2D eigenvalue weighted by molar-refractivity contribution is -0.126. The van der Waals surface area contributed by atoms with E-state index in [1.807, 2.05) is 37.3 Å². The highest BCUT2D eigenvalue weighted by Gasteiger charge is 2.60. The van der Waals surface area contributed by atoms with Crippen LogP contribution in [0.15, 0.2) is 78.9 Å². The van der Waals surface area contributed by atoms with Crippen molar-refractivity contribution in [1.29, 1.82) is 0 Å². The van der Waals surface area contributed by atoms with Crippen LogP contribution in [0.5, 0.6) is 5.75 Å². The average Bonchev–Trinajstić information content (AvgIpc) is 3.32. The van der Waals surface area contributed by atoms with E-state index < -0.39 is 24.0 Å². The molecule has 3 atom stereocenters. The summed E-state index contributed by atoms with van der Waals surface area (Å²) in [5.74, 6) is -1.25. The molecule has 2 amide bonds. The van der Waals surface area contributed by atoms with E-state index in [2.05, 4.69) is 0 Å². The number of para-hydroxylation sites is 1. The van der Waals surface area contributed by atoms with Gasteiger partial charge in [-0.3, -0.25) is 14.4 Å². The van der Waals surface area contributed by atoms with Gasteiger partial charge in [0.1, 0.15) is 17.5 Å². The van der Waals surface area contributed by atoms with Gasteiger partial charge in [-0.2, -0.15) is 0 Å². The van der Waals surface area contributed by atoms with Crippen LogP contribution in [0.1, 0.15) is 18.5 Å². The zero-order chi connectivity index (χ0) is 22.2. The number of anilines is 2. The summed E-state index contributed by atoms with van der Waals surface area (Å²) in [7, 11) is 0. The molecule has 3 aromatic rings. The van der Waals surface area contributed by atoms with Gasteiger partial charge in [0.25, 0.3) is 5.91 Å². The molecule has 0 saturated carbocycles. The largest absolute Gasteiger partial charge is 0.494 e. The fourth-order valence-corrected chi connectivity index (χ4v) is 4.32. The van der Waals surface area contributed by atoms with Crippen LogP contribution in [0.2, 0.25) is 0 Å². The number of hydroxylamine groups is 1. The number of benzene rings is 3. The summed E-state index contributed by atoms with van der Waals surface area (Å²) in [4.78, 5) is 34.0. The van der Waals surface area contributed by atoms with Gasteiger partial charge < -0.3 is 4.74 Å². The first-order valence-corrected chi connectivity index (χ1v) is 10.5. The maximum Gasteiger partial charge on any atom is 0.266 e. The monoisotopic (exact) mass is 432 g/mol. The molecule has 2 fully saturated rings. The Labute approximate surface area is 184 Å². The smallest absolute Gasteiger partial charge is 0.266 e. The van der Waals surface area contributed by atoms with Crippen molar-refractivity contribution >= 4 is 23.2 Å². The van der Waals surface area contributed by atoms with Gasteiger partial charge in [0.2, 0.25) is 5.91 Å². The van der Waals surface area contributed by atoms with Crippen molar-refractivity contribution in [3.05, 3.63) is 90.2 Å². The molecular formula is C25H21FN2O4. The number of carbonyl (C=O) groups is 2. The van der Waals surface area contributed by atoms with Gasteiger partial charge in [0.05, 0.1) is 24.0 Å². The van der Waals surface area contributed by atoms with E-state index in [1.54, 1.807) is 41.5 Å². The van der Waals surface area contributed by atoms with Crippen LogP contribution in [-0.4, -0.2) is 24.5 Å². The van der Waals surface area contributed by atoms with Gasteiger partial charge in [-0.25, -0.2) is 14.4 Å². The number of carbonyl (C=O) groups excluding carboxylic acids is 2. The molecule has 0 aliphatic carbocycles. The zero-order valence-corrected chi connectivity index (χ0v) is 17.4. The normalized spacial score (nSPS) is 22.4. The minimum atomic E-state index is -0.968. The first-order valence-electron chi connectivity index (χ1n) is 10.5. The van der Waals surface area contributed by atoms with Crippen LogP contribution in [0, 0.1) is 11.7 Å². The minimum absolute atomic E-state index is 0.350. The number of ether oxygens (including phenoxy) is 1. The Morgan fingerprint density at radius 3 is 2.22 bits per heavy atom. The van der Waals surface area contributed by atoms with Crippen molar-refractivity contribution < 1.29 is 23.6 Å². The Kier molecular flexibility index (Phi) is 5.11. The molecule has 0 N–H and O–H groups in total. The highest BCUT2D eigenvalue weighted by molar-refractivity contribution is 6.23. The second-order valence-corrected chi connectivity index (χ2v) is 7.65. The molecule has 0 unspecified atom stereocenters. The van der Waals surface area contributed by atoms with Crippen LogP contribution >= 0.6 is 0 Å². The Bertz CT molecular complexity index is 1130. The maximum atomic E-state index is 13.6. The Morgan fingerprint density at radius 2 is 1.56 bits per heavy atom. The number of fused-ring (bicyclic) bond motifs is 1. The lowest BCUT2D eigenvalue weighted by Gasteiger charge is -2.28. The molecule has 7 heteroatoms. The highest BCUT2D eigenvalue weighted by Crippen LogP contribution is 2.47. The Morgan fingerprint density at radius 1 is 0.875 bits per heavy atom. The molecule has 0 spiro atoms. The van der Waals surface area contributed by atoms with Crippen molar-refractivity contribution in [2.75, 3.05) is 16.6 Å². The Balaban J connectivity index is 1.53. The highest BCUT2D eigenvalue weighted by atomic mass is 19.1. The molecule has 2 aliphatic heterocycles. The summed E-state index contributed by atoms with van der Waals surface area (Å²) in [5, 5.41) is 1.59. The van der Waals surface area contributed by atoms with Gasteiger partial charge in [-0.15, -0.1) is 0 Å². The van der Waals surface area contributed by atoms with Gasteiger partial charge in [0.15, 0.2) is 6.10 Å². The van der Waals surface area contributed by atoms with Gasteiger partial charge in [-0.1, -0.05) is 30.3 Å². The van der Waals surface area contributed by atoms with E-state index >= 15 is 0 Å². The SMILES string of the molecule is CCOc1ccc(N2C(=O)[C@H]3[C@H](ON(c4ccccc4)[C@@H]3c3ccc(F)cc3)C2=O)cc1. The quantitative estimate of drug-likeness (QED) is 0.564. The van der Waals surface area contributed by atoms with E-state index in [1.165, 1.54) is 17.0 Å². The van der Waals surface area contributed by atoms with E-state index in [9.17, 15) is 14.0 Å². The fraction of sp³-hybridized carbons (Fsp3) is 0.200. The van der Waals surface area contributed by atoms with E-state index in [-0.39, 0.29) is 11.7 Å². The lowest BCUT2D eigenvalue weighted by Crippen LogP contribution is -2.37. The second kappa shape index (κ2) is 8.09. The molecule has 2 heterocycles. The molecule has 0 radical (unpaired) electrons. The topological polar surface area (TPSA) is 59.1 Å². The summed E-state index contributed by atoms with van der Waals surface area (Å²) >= 11 is 0. The first kappa shape index (κ1) is 20.2. The average molecular weight is 432 g/mol. The van der Waals surface area contributed by atoms with E-state index in [0.717, 1.165) is 0 Å². The summed E-state index contributed by atoms with van der Waals surface area (Å²) in [6.45, 7) is 2.40. The number of hydrogen-bond donors (Lipinski definition) is 0. The molecule has 162 valence electrons. The van der Waals surface area contributed by atoms with Gasteiger partial charge >= 0.3 is 0 Å². The summed E-state index contributed by atoms with van der Waals surface area (Å²) < 4.78 is 19.0. The number of rotatable bonds is 5. The standard InChI is InChI=1S/C25H21FN2O4/c1-2-31-20-14-12-18(13-15-20)27-24(29)21-22(16-8-10-17(26)11-9-16)28(32-23(21)25(27)30)19-6-4-3-5-7-19/h3-15,21-23H,2H2,1H3/t21-,22-,23+/m1/s1. The second-order valence-electron chi connectivity index (χ2n) is 7.65. The number of hydrogen-bond acceptors (Lipinski definition) is 5. The van der Waals surface area contributed by atoms with Gasteiger partial charge in [0, 0.05) is 0 Å². The van der Waals surface area contributed by atoms with Crippen molar-refractivity contribution in [2.45, 2.75) is 19.1 Å². The molecule has 0 aromatic heterocycles. The third kappa shape index (κ3) is 3.31. The van der Waals surface area contributed by atoms with E-state index in [0.29, 0.717) is 29.3 Å². The number of amides is 2. The number of imide groups is 1. The third-order valence-electron chi connectivity index (χ3n) is 5.74. The van der Waals surface area contributed by atoms with Gasteiger partial charge in [-0.05, 0) is 61.0 Å². The summed E-state index contributed by atoms with van der Waals surface area (Å²) in [5.41, 5.74) is 1.87. The molecule has 5 rings (SSSR count). The number of nitrogens with zero attached hydrogens (tertiary/aromatic N) is 2. The molecule has 3 aromatic carbocycles. The van der Waals surface area contributed by atoms with Crippen LogP contribution in [0.25, 0.3) is 0 Å². The molecular weight excluding hydrogens is 411 g/mol. The van der Waals surface area contributed by atoms with Crippen LogP contribution in [0.3, 0.4) is 0 Å². The third-order valence-corrected chi connectivity index (χ3v) is 5.74. The Hall–Kier alpha value is -3.71. The predicted octanol–water partition coefficient (Wildman–Crippen LogP) is 4.28. The van der Waals surface area contributed by atoms with Crippen LogP contribution in [0.4, 0.5) is 15.8 Å². The maximum absolute atomic E-state index is 13.6. The molecule has 2 aliphatic rings. The first-order chi connectivity index (χ1) is 15.6. The van der Waals surface area contributed by atoms with Crippen molar-refractivity contribution in [3.63, 3.8) is 0 Å². The summed E-state index contributed by atoms with van der Waals surface area (Å²) in [6.07, 6.45) is -0.968. The van der Waals surface area contributed by atoms with Crippen molar-refractivity contribution in [2.24, 2.45) is 5.92 Å². The van der Waals surface area contributed by atoms with Crippen LogP contribution in [-0.2, 0) is 14.4 Å². The molecule has 6 nitrogen and oxygen atoms in total. The molecule has 0 bridgehead atoms. The van der Waals surface area contributed by atoms with Crippen molar-refractivity contribution in [3.8, 4) is 5.75 Å². The van der Waals surface area contributed by atoms with Crippen molar-refractivity contribution in [1.82, 2.24) is 0 Å². The summed E-state index contributed by atoms with van der Waals surface area (Å²) in [6, 6.07) is 21.4.